The summed E-state index contributed by atoms with van der Waals surface area (Å²) in [6.45, 7) is 3.03. The minimum absolute atomic E-state index is 0.0569. The Hall–Kier alpha value is -2.14. The quantitative estimate of drug-likeness (QED) is 0.893. The van der Waals surface area contributed by atoms with Crippen molar-refractivity contribution in [3.8, 4) is 5.75 Å². The first-order chi connectivity index (χ1) is 9.63. The van der Waals surface area contributed by atoms with Crippen LogP contribution in [-0.4, -0.2) is 23.7 Å². The van der Waals surface area contributed by atoms with Gasteiger partial charge >= 0.3 is 0 Å². The van der Waals surface area contributed by atoms with Gasteiger partial charge in [-0.25, -0.2) is 4.98 Å². The van der Waals surface area contributed by atoms with Gasteiger partial charge in [0.2, 0.25) is 0 Å². The summed E-state index contributed by atoms with van der Waals surface area (Å²) in [5.74, 6) is 0.775. The molecule has 20 heavy (non-hydrogen) atoms. The number of hydrogen-bond acceptors (Lipinski definition) is 4. The Morgan fingerprint density at radius 1 is 1.35 bits per heavy atom. The fraction of sp³-hybridized carbons (Fsp3) is 0.333. The van der Waals surface area contributed by atoms with E-state index in [0.29, 0.717) is 6.54 Å². The maximum atomic E-state index is 11.9. The Bertz CT molecular complexity index is 650. The second-order valence-electron chi connectivity index (χ2n) is 4.67. The third kappa shape index (κ3) is 3.24. The molecule has 0 bridgehead atoms. The maximum absolute atomic E-state index is 11.9. The lowest BCUT2D eigenvalue weighted by Gasteiger charge is -2.12. The molecule has 1 aromatic heterocycles. The lowest BCUT2D eigenvalue weighted by atomic mass is 10.1. The first kappa shape index (κ1) is 14.3. The smallest absolute Gasteiger partial charge is 0.253 e. The molecule has 0 radical (unpaired) electrons. The molecule has 0 aliphatic carbocycles. The monoisotopic (exact) mass is 273 g/mol. The number of hydrogen-bond donors (Lipinski definition) is 1. The van der Waals surface area contributed by atoms with E-state index in [1.54, 1.807) is 24.9 Å². The number of aryl methyl sites for hydroxylation is 1. The summed E-state index contributed by atoms with van der Waals surface area (Å²) in [5.41, 5.74) is 2.78. The van der Waals surface area contributed by atoms with Crippen LogP contribution in [-0.2, 0) is 13.1 Å². The van der Waals surface area contributed by atoms with E-state index in [0.717, 1.165) is 29.1 Å². The second-order valence-corrected chi connectivity index (χ2v) is 4.67. The van der Waals surface area contributed by atoms with Crippen LogP contribution in [0.25, 0.3) is 0 Å². The maximum Gasteiger partial charge on any atom is 0.253 e. The zero-order valence-electron chi connectivity index (χ0n) is 12.0. The summed E-state index contributed by atoms with van der Waals surface area (Å²) in [5, 5.41) is 3.11. The predicted octanol–water partition coefficient (Wildman–Crippen LogP) is 1.33. The number of methoxy groups -OCH3 is 1. The van der Waals surface area contributed by atoms with Gasteiger partial charge < -0.3 is 10.1 Å². The largest absolute Gasteiger partial charge is 0.496 e. The average molecular weight is 273 g/mol. The Morgan fingerprint density at radius 3 is 2.80 bits per heavy atom. The number of aromatic nitrogens is 2. The van der Waals surface area contributed by atoms with E-state index in [1.807, 2.05) is 25.2 Å². The first-order valence-corrected chi connectivity index (χ1v) is 6.47. The zero-order valence-corrected chi connectivity index (χ0v) is 12.0. The molecule has 0 aliphatic rings. The van der Waals surface area contributed by atoms with Crippen molar-refractivity contribution in [2.45, 2.75) is 20.0 Å². The lowest BCUT2D eigenvalue weighted by Crippen LogP contribution is -2.21. The fourth-order valence-electron chi connectivity index (χ4n) is 2.09. The molecule has 1 aromatic carbocycles. The molecule has 0 amide bonds. The van der Waals surface area contributed by atoms with Gasteiger partial charge in [0.15, 0.2) is 0 Å². The number of benzene rings is 1. The van der Waals surface area contributed by atoms with Gasteiger partial charge in [-0.1, -0.05) is 6.07 Å². The summed E-state index contributed by atoms with van der Waals surface area (Å²) in [6, 6.07) is 7.51. The predicted molar refractivity (Wildman–Crippen MR) is 78.1 cm³/mol. The van der Waals surface area contributed by atoms with Crippen molar-refractivity contribution in [1.82, 2.24) is 14.9 Å². The van der Waals surface area contributed by atoms with E-state index in [4.69, 9.17) is 4.74 Å². The van der Waals surface area contributed by atoms with E-state index < -0.39 is 0 Å². The Kier molecular flexibility index (Phi) is 4.53. The van der Waals surface area contributed by atoms with E-state index in [1.165, 1.54) is 6.07 Å². The van der Waals surface area contributed by atoms with Crippen LogP contribution < -0.4 is 15.6 Å². The van der Waals surface area contributed by atoms with E-state index >= 15 is 0 Å². The Morgan fingerprint density at radius 2 is 2.15 bits per heavy atom. The van der Waals surface area contributed by atoms with Crippen molar-refractivity contribution in [2.75, 3.05) is 14.2 Å². The fourth-order valence-corrected chi connectivity index (χ4v) is 2.09. The molecule has 0 saturated carbocycles. The third-order valence-electron chi connectivity index (χ3n) is 3.08. The highest BCUT2D eigenvalue weighted by atomic mass is 16.5. The molecule has 2 aromatic rings. The van der Waals surface area contributed by atoms with Crippen LogP contribution in [0.15, 0.2) is 35.4 Å². The van der Waals surface area contributed by atoms with Crippen molar-refractivity contribution < 1.29 is 4.74 Å². The van der Waals surface area contributed by atoms with E-state index in [2.05, 4.69) is 10.3 Å². The Balaban J connectivity index is 2.35. The second kappa shape index (κ2) is 6.34. The van der Waals surface area contributed by atoms with Crippen molar-refractivity contribution in [2.24, 2.45) is 0 Å². The molecule has 0 aliphatic heterocycles. The molecule has 5 nitrogen and oxygen atoms in total. The SMILES string of the molecule is CNCc1ccc(OC)c(Cn2cnc(C)cc2=O)c1. The highest BCUT2D eigenvalue weighted by molar-refractivity contribution is 5.37. The average Bonchev–Trinajstić information content (AvgIpc) is 2.43. The van der Waals surface area contributed by atoms with Crippen LogP contribution in [0, 0.1) is 6.92 Å². The van der Waals surface area contributed by atoms with Crippen molar-refractivity contribution >= 4 is 0 Å². The summed E-state index contributed by atoms with van der Waals surface area (Å²) in [7, 11) is 3.53. The number of ether oxygens (including phenoxy) is 1. The molecule has 0 fully saturated rings. The van der Waals surface area contributed by atoms with Gasteiger partial charge in [0.05, 0.1) is 20.0 Å². The molecule has 1 heterocycles. The summed E-state index contributed by atoms with van der Waals surface area (Å²) in [4.78, 5) is 16.1. The molecular weight excluding hydrogens is 254 g/mol. The van der Waals surface area contributed by atoms with Crippen LogP contribution in [0.2, 0.25) is 0 Å². The summed E-state index contributed by atoms with van der Waals surface area (Å²) in [6.07, 6.45) is 1.57. The molecular formula is C15H19N3O2. The van der Waals surface area contributed by atoms with Crippen LogP contribution in [0.4, 0.5) is 0 Å². The normalized spacial score (nSPS) is 10.6. The highest BCUT2D eigenvalue weighted by Crippen LogP contribution is 2.20. The molecule has 5 heteroatoms. The Labute approximate surface area is 118 Å². The number of nitrogens with zero attached hydrogens (tertiary/aromatic N) is 2. The van der Waals surface area contributed by atoms with Crippen molar-refractivity contribution in [1.29, 1.82) is 0 Å². The third-order valence-corrected chi connectivity index (χ3v) is 3.08. The first-order valence-electron chi connectivity index (χ1n) is 6.47. The van der Waals surface area contributed by atoms with Gasteiger partial charge in [0.25, 0.3) is 5.56 Å². The van der Waals surface area contributed by atoms with Crippen LogP contribution in [0.3, 0.4) is 0 Å². The lowest BCUT2D eigenvalue weighted by molar-refractivity contribution is 0.407. The molecule has 0 atom stereocenters. The molecule has 0 unspecified atom stereocenters. The van der Waals surface area contributed by atoms with Crippen LogP contribution in [0.1, 0.15) is 16.8 Å². The van der Waals surface area contributed by atoms with Crippen molar-refractivity contribution in [3.63, 3.8) is 0 Å². The van der Waals surface area contributed by atoms with Gasteiger partial charge in [0, 0.05) is 23.9 Å². The summed E-state index contributed by atoms with van der Waals surface area (Å²) < 4.78 is 6.94. The highest BCUT2D eigenvalue weighted by Gasteiger charge is 2.07. The molecule has 0 spiro atoms. The molecule has 0 saturated heterocycles. The zero-order chi connectivity index (χ0) is 14.5. The molecule has 2 rings (SSSR count). The van der Waals surface area contributed by atoms with Crippen molar-refractivity contribution in [3.05, 3.63) is 57.8 Å². The van der Waals surface area contributed by atoms with Gasteiger partial charge in [-0.3, -0.25) is 9.36 Å². The minimum atomic E-state index is -0.0569. The van der Waals surface area contributed by atoms with Gasteiger partial charge in [-0.15, -0.1) is 0 Å². The van der Waals surface area contributed by atoms with Gasteiger partial charge in [0.1, 0.15) is 5.75 Å². The van der Waals surface area contributed by atoms with Gasteiger partial charge in [-0.05, 0) is 31.7 Å². The standard InChI is InChI=1S/C15H19N3O2/c1-11-6-15(19)18(10-17-11)9-13-7-12(8-16-2)4-5-14(13)20-3/h4-7,10,16H,8-9H2,1-3H3. The molecule has 1 N–H and O–H groups in total. The number of rotatable bonds is 5. The van der Waals surface area contributed by atoms with E-state index in [-0.39, 0.29) is 5.56 Å². The summed E-state index contributed by atoms with van der Waals surface area (Å²) >= 11 is 0. The van der Waals surface area contributed by atoms with Crippen LogP contribution in [0.5, 0.6) is 5.75 Å². The van der Waals surface area contributed by atoms with Gasteiger partial charge in [-0.2, -0.15) is 0 Å². The number of nitrogens with one attached hydrogen (secondary N) is 1. The topological polar surface area (TPSA) is 56.1 Å². The minimum Gasteiger partial charge on any atom is -0.496 e. The van der Waals surface area contributed by atoms with Crippen LogP contribution >= 0.6 is 0 Å². The van der Waals surface area contributed by atoms with E-state index in [9.17, 15) is 4.79 Å². The molecule has 106 valence electrons.